The van der Waals surface area contributed by atoms with Crippen molar-refractivity contribution in [2.75, 3.05) is 20.8 Å². The maximum absolute atomic E-state index is 12.7. The van der Waals surface area contributed by atoms with E-state index < -0.39 is 49.5 Å². The molecule has 0 fully saturated rings. The van der Waals surface area contributed by atoms with E-state index in [0.29, 0.717) is 32.1 Å². The van der Waals surface area contributed by atoms with Crippen molar-refractivity contribution in [2.24, 2.45) is 0 Å². The lowest BCUT2D eigenvalue weighted by atomic mass is 9.89. The molecule has 0 saturated heterocycles. The number of carbonyl (C=O) groups is 2. The maximum atomic E-state index is 12.7. The number of aliphatic hydroxyl groups excluding tert-OH is 1. The largest absolute Gasteiger partial charge is 0.489 e. The molecule has 0 aliphatic heterocycles. The Bertz CT molecular complexity index is 738. The zero-order chi connectivity index (χ0) is 24.0. The van der Waals surface area contributed by atoms with Gasteiger partial charge in [-0.1, -0.05) is 38.5 Å². The molecule has 0 aromatic rings. The van der Waals surface area contributed by atoms with Crippen LogP contribution in [-0.2, 0) is 19.1 Å². The fourth-order valence-corrected chi connectivity index (χ4v) is 2.59. The van der Waals surface area contributed by atoms with Gasteiger partial charge in [-0.15, -0.1) is 0 Å². The number of aliphatic hydroxyl groups is 1. The van der Waals surface area contributed by atoms with Crippen LogP contribution in [0.5, 0.6) is 0 Å². The number of Topliss-reactive ketones (excluding diaryl/α,β-unsaturated/α-hetero) is 2. The van der Waals surface area contributed by atoms with Crippen LogP contribution in [0.15, 0.2) is 22.7 Å². The predicted molar refractivity (Wildman–Crippen MR) is 92.4 cm³/mol. The summed E-state index contributed by atoms with van der Waals surface area (Å²) in [5.74, 6) is -2.28. The molecule has 0 heterocycles. The normalized spacial score (nSPS) is 21.4. The lowest BCUT2D eigenvalue weighted by Gasteiger charge is -2.20. The van der Waals surface area contributed by atoms with Crippen molar-refractivity contribution in [3.63, 3.8) is 0 Å². The highest BCUT2D eigenvalue weighted by Crippen LogP contribution is 2.28. The molecule has 0 aromatic carbocycles. The molecule has 0 aromatic heterocycles. The van der Waals surface area contributed by atoms with E-state index in [9.17, 15) is 9.59 Å². The second-order valence-corrected chi connectivity index (χ2v) is 5.51. The molecule has 136 valence electrons. The summed E-state index contributed by atoms with van der Waals surface area (Å²) in [6, 6.07) is 0. The van der Waals surface area contributed by atoms with Crippen LogP contribution >= 0.6 is 0 Å². The molecular weight excluding hydrogens is 308 g/mol. The summed E-state index contributed by atoms with van der Waals surface area (Å²) in [7, 11) is -1.74. The highest BCUT2D eigenvalue weighted by atomic mass is 16.5. The number of hydrogen-bond acceptors (Lipinski definition) is 5. The Balaban J connectivity index is 2.60. The van der Waals surface area contributed by atoms with E-state index in [0.717, 1.165) is 7.11 Å². The van der Waals surface area contributed by atoms with Crippen molar-refractivity contribution in [2.45, 2.75) is 64.6 Å². The third-order valence-corrected chi connectivity index (χ3v) is 3.92. The van der Waals surface area contributed by atoms with E-state index in [2.05, 4.69) is 0 Å². The number of methoxy groups -OCH3 is 2. The molecule has 0 spiro atoms. The first-order valence-corrected chi connectivity index (χ1v) is 8.06. The van der Waals surface area contributed by atoms with Crippen LogP contribution < -0.4 is 0 Å². The smallest absolute Gasteiger partial charge is 0.228 e. The van der Waals surface area contributed by atoms with Crippen molar-refractivity contribution in [1.29, 1.82) is 0 Å². The Hall–Kier alpha value is -1.62. The molecular formula is C19H30O5. The second kappa shape index (κ2) is 11.0. The lowest BCUT2D eigenvalue weighted by molar-refractivity contribution is -0.121. The van der Waals surface area contributed by atoms with Crippen molar-refractivity contribution >= 4 is 11.6 Å². The van der Waals surface area contributed by atoms with Crippen LogP contribution in [-0.4, -0.2) is 37.4 Å². The molecule has 1 N–H and O–H groups in total. The van der Waals surface area contributed by atoms with E-state index in [1.54, 1.807) is 0 Å². The molecule has 5 nitrogen and oxygen atoms in total. The van der Waals surface area contributed by atoms with Gasteiger partial charge < -0.3 is 14.6 Å². The van der Waals surface area contributed by atoms with Gasteiger partial charge in [-0.25, -0.2) is 0 Å². The first-order chi connectivity index (χ1) is 14.2. The quantitative estimate of drug-likeness (QED) is 0.433. The van der Waals surface area contributed by atoms with Crippen molar-refractivity contribution in [3.8, 4) is 0 Å². The first-order valence-electron chi connectivity index (χ1n) is 11.6. The van der Waals surface area contributed by atoms with Gasteiger partial charge in [0.15, 0.2) is 0 Å². The molecule has 0 unspecified atom stereocenters. The van der Waals surface area contributed by atoms with E-state index in [4.69, 9.17) is 24.2 Å². The zero-order valence-electron chi connectivity index (χ0n) is 21.2. The van der Waals surface area contributed by atoms with E-state index in [1.807, 2.05) is 0 Å². The van der Waals surface area contributed by atoms with Gasteiger partial charge in [-0.2, -0.15) is 0 Å². The number of unbranched alkanes of at least 4 members (excludes halogenated alkanes) is 4. The lowest BCUT2D eigenvalue weighted by Crippen LogP contribution is -2.25. The average Bonchev–Trinajstić information content (AvgIpc) is 2.66. The average molecular weight is 345 g/mol. The fourth-order valence-electron chi connectivity index (χ4n) is 2.59. The molecule has 1 aliphatic carbocycles. The minimum absolute atomic E-state index is 0.0157. The summed E-state index contributed by atoms with van der Waals surface area (Å²) in [6.07, 6.45) is -1.13. The number of carbonyl (C=O) groups excluding carboxylic acids is 2. The topological polar surface area (TPSA) is 72.8 Å². The number of rotatable bonds is 12. The molecule has 24 heavy (non-hydrogen) atoms. The van der Waals surface area contributed by atoms with Crippen LogP contribution in [0.1, 0.15) is 74.2 Å². The summed E-state index contributed by atoms with van der Waals surface area (Å²) in [5.41, 5.74) is 0.386. The molecule has 0 radical (unpaired) electrons. The van der Waals surface area contributed by atoms with Crippen LogP contribution in [0.3, 0.4) is 0 Å². The Morgan fingerprint density at radius 2 is 1.58 bits per heavy atom. The minimum atomic E-state index is -2.90. The zero-order valence-corrected chi connectivity index (χ0v) is 14.2. The number of hydrogen-bond donors (Lipinski definition) is 1. The Kier molecular flexibility index (Phi) is 5.44. The van der Waals surface area contributed by atoms with Gasteiger partial charge >= 0.3 is 0 Å². The molecule has 0 bridgehead atoms. The maximum Gasteiger partial charge on any atom is 0.228 e. The summed E-state index contributed by atoms with van der Waals surface area (Å²) < 4.78 is 61.8. The van der Waals surface area contributed by atoms with Gasteiger partial charge in [0, 0.05) is 23.2 Å². The predicted octanol–water partition coefficient (Wildman–Crippen LogP) is 3.46. The van der Waals surface area contributed by atoms with E-state index >= 15 is 0 Å². The molecule has 0 atom stereocenters. The molecule has 5 heteroatoms. The highest BCUT2D eigenvalue weighted by molar-refractivity contribution is 6.23. The number of ether oxygens (including phenoxy) is 2. The molecule has 1 aliphatic rings. The summed E-state index contributed by atoms with van der Waals surface area (Å²) in [4.78, 5) is 25.1. The van der Waals surface area contributed by atoms with E-state index in [-0.39, 0.29) is 24.0 Å². The Labute approximate surface area is 154 Å². The monoisotopic (exact) mass is 345 g/mol. The third kappa shape index (κ3) is 5.48. The van der Waals surface area contributed by atoms with Gasteiger partial charge in [0.2, 0.25) is 23.1 Å². The fraction of sp³-hybridized carbons (Fsp3) is 0.684. The Morgan fingerprint density at radius 1 is 0.958 bits per heavy atom. The standard InChI is InChI=1S/C19H30O5/c1-14-15(12-10-8-6-4-5-7-9-11-13-20)17(22)19(24-3)18(23-2)16(14)21/h20H,4-13H2,1-3H3/i3D3,9D2,11D2. The third-order valence-electron chi connectivity index (χ3n) is 3.92. The molecule has 0 amide bonds. The summed E-state index contributed by atoms with van der Waals surface area (Å²) in [6.45, 7) is 0.603. The van der Waals surface area contributed by atoms with Crippen LogP contribution in [0.2, 0.25) is 0 Å². The number of allylic oxidation sites excluding steroid dienone is 2. The van der Waals surface area contributed by atoms with Crippen LogP contribution in [0, 0.1) is 0 Å². The second-order valence-electron chi connectivity index (χ2n) is 5.51. The Morgan fingerprint density at radius 3 is 2.21 bits per heavy atom. The summed E-state index contributed by atoms with van der Waals surface area (Å²) >= 11 is 0. The van der Waals surface area contributed by atoms with Crippen molar-refractivity contribution in [1.82, 2.24) is 0 Å². The minimum Gasteiger partial charge on any atom is -0.489 e. The highest BCUT2D eigenvalue weighted by Gasteiger charge is 2.34. The van der Waals surface area contributed by atoms with Gasteiger partial charge in [0.1, 0.15) is 0 Å². The number of ketones is 2. The van der Waals surface area contributed by atoms with E-state index in [1.165, 1.54) is 6.92 Å². The molecule has 1 rings (SSSR count). The van der Waals surface area contributed by atoms with Gasteiger partial charge in [-0.3, -0.25) is 9.59 Å². The van der Waals surface area contributed by atoms with Gasteiger partial charge in [0.25, 0.3) is 0 Å². The SMILES string of the molecule is [2H]C([2H])([2H])OC1=C(OC)C(=O)C(C)=C(CCCCCCCC([2H])([2H])C([2H])([2H])CO)C1=O. The van der Waals surface area contributed by atoms with Crippen molar-refractivity contribution in [3.05, 3.63) is 22.7 Å². The first kappa shape index (κ1) is 11.9. The van der Waals surface area contributed by atoms with Gasteiger partial charge in [0.05, 0.1) is 18.3 Å². The summed E-state index contributed by atoms with van der Waals surface area (Å²) in [5, 5.41) is 8.98. The van der Waals surface area contributed by atoms with Crippen LogP contribution in [0.4, 0.5) is 0 Å². The van der Waals surface area contributed by atoms with Crippen LogP contribution in [0.25, 0.3) is 0 Å². The van der Waals surface area contributed by atoms with Crippen molar-refractivity contribution < 1.29 is 33.8 Å². The van der Waals surface area contributed by atoms with Gasteiger partial charge in [-0.05, 0) is 26.1 Å². The molecule has 0 saturated carbocycles.